The molecule has 0 aliphatic carbocycles. The average Bonchev–Trinajstić information content (AvgIpc) is 3.09. The lowest BCUT2D eigenvalue weighted by Crippen LogP contribution is -2.27. The first-order valence-corrected chi connectivity index (χ1v) is 9.69. The van der Waals surface area contributed by atoms with E-state index in [1.165, 1.54) is 7.11 Å². The Hall–Kier alpha value is -3.87. The van der Waals surface area contributed by atoms with Gasteiger partial charge in [-0.1, -0.05) is 36.4 Å². The molecule has 0 saturated heterocycles. The fourth-order valence-electron chi connectivity index (χ4n) is 3.15. The summed E-state index contributed by atoms with van der Waals surface area (Å²) in [5.74, 6) is -0.623. The fourth-order valence-corrected chi connectivity index (χ4v) is 3.15. The number of fused-ring (bicyclic) bond motifs is 1. The molecule has 3 aromatic rings. The molecule has 160 valence electrons. The Morgan fingerprint density at radius 1 is 1.03 bits per heavy atom. The van der Waals surface area contributed by atoms with E-state index in [-0.39, 0.29) is 5.57 Å². The van der Waals surface area contributed by atoms with Crippen LogP contribution in [0.5, 0.6) is 0 Å². The van der Waals surface area contributed by atoms with Crippen LogP contribution < -0.4 is 5.32 Å². The number of rotatable bonds is 5. The number of para-hydroxylation sites is 2. The van der Waals surface area contributed by atoms with Gasteiger partial charge in [0.1, 0.15) is 5.60 Å². The highest BCUT2D eigenvalue weighted by Crippen LogP contribution is 2.30. The molecule has 2 N–H and O–H groups in total. The van der Waals surface area contributed by atoms with Gasteiger partial charge in [-0.05, 0) is 44.5 Å². The summed E-state index contributed by atoms with van der Waals surface area (Å²) in [5.41, 5.74) is 1.90. The van der Waals surface area contributed by atoms with Crippen molar-refractivity contribution in [2.24, 2.45) is 0 Å². The zero-order valence-corrected chi connectivity index (χ0v) is 17.8. The highest BCUT2D eigenvalue weighted by atomic mass is 16.6. The van der Waals surface area contributed by atoms with Crippen molar-refractivity contribution < 1.29 is 23.9 Å². The van der Waals surface area contributed by atoms with Crippen LogP contribution >= 0.6 is 0 Å². The molecular formula is C24H24N2O5. The molecular weight excluding hydrogens is 396 g/mol. The first kappa shape index (κ1) is 21.8. The van der Waals surface area contributed by atoms with Crippen molar-refractivity contribution in [3.63, 3.8) is 0 Å². The molecule has 0 aliphatic heterocycles. The number of esters is 1. The number of benzene rings is 2. The van der Waals surface area contributed by atoms with Crippen LogP contribution in [0.25, 0.3) is 22.6 Å². The largest absolute Gasteiger partial charge is 0.465 e. The minimum absolute atomic E-state index is 0.152. The van der Waals surface area contributed by atoms with E-state index in [1.54, 1.807) is 57.2 Å². The topological polar surface area (TPSA) is 97.5 Å². The quantitative estimate of drug-likeness (QED) is 0.342. The first-order chi connectivity index (χ1) is 14.7. The fraction of sp³-hybridized carbons (Fsp3) is 0.208. The van der Waals surface area contributed by atoms with Crippen LogP contribution in [-0.2, 0) is 14.3 Å². The number of amides is 1. The highest BCUT2D eigenvalue weighted by molar-refractivity contribution is 6.24. The number of aromatic amines is 1. The second-order valence-electron chi connectivity index (χ2n) is 7.84. The molecule has 0 radical (unpaired) electrons. The molecule has 2 aromatic carbocycles. The van der Waals surface area contributed by atoms with Gasteiger partial charge >= 0.3 is 12.1 Å². The molecule has 1 heterocycles. The molecule has 0 spiro atoms. The van der Waals surface area contributed by atoms with Gasteiger partial charge in [-0.2, -0.15) is 0 Å². The standard InChI is InChI=1S/C24H24N2O5/c1-24(2,3)31-23(29)26-19-11-7-5-9-15(19)13-17(22(28)30-4)21-18(14-27)16-10-6-8-12-20(16)25-21/h5-14,25H,1-4H3,(H,26,29)/b17-13-. The molecule has 7 nitrogen and oxygen atoms in total. The molecule has 7 heteroatoms. The normalized spacial score (nSPS) is 11.8. The number of ether oxygens (including phenoxy) is 2. The number of nitrogens with one attached hydrogen (secondary N) is 2. The van der Waals surface area contributed by atoms with Crippen molar-refractivity contribution in [1.82, 2.24) is 4.98 Å². The van der Waals surface area contributed by atoms with E-state index < -0.39 is 17.7 Å². The highest BCUT2D eigenvalue weighted by Gasteiger charge is 2.22. The number of H-pyrrole nitrogens is 1. The minimum atomic E-state index is -0.657. The van der Waals surface area contributed by atoms with E-state index in [0.29, 0.717) is 34.2 Å². The van der Waals surface area contributed by atoms with E-state index in [1.807, 2.05) is 18.2 Å². The Bertz CT molecular complexity index is 1170. The molecule has 0 aliphatic rings. The SMILES string of the molecule is COC(=O)/C(=C\c1ccccc1NC(=O)OC(C)(C)C)c1[nH]c2ccccc2c1C=O. The Labute approximate surface area is 180 Å². The average molecular weight is 420 g/mol. The molecule has 0 bridgehead atoms. The van der Waals surface area contributed by atoms with Crippen molar-refractivity contribution in [3.05, 3.63) is 65.4 Å². The Morgan fingerprint density at radius 3 is 2.39 bits per heavy atom. The molecule has 31 heavy (non-hydrogen) atoms. The number of aldehydes is 1. The van der Waals surface area contributed by atoms with Crippen molar-refractivity contribution in [2.75, 3.05) is 12.4 Å². The Morgan fingerprint density at radius 2 is 1.71 bits per heavy atom. The number of methoxy groups -OCH3 is 1. The number of carbonyl (C=O) groups excluding carboxylic acids is 3. The number of aromatic nitrogens is 1. The number of anilines is 1. The summed E-state index contributed by atoms with van der Waals surface area (Å²) in [4.78, 5) is 39.9. The van der Waals surface area contributed by atoms with Crippen LogP contribution in [0.2, 0.25) is 0 Å². The third-order valence-electron chi connectivity index (χ3n) is 4.43. The van der Waals surface area contributed by atoms with Gasteiger partial charge in [0.05, 0.1) is 24.1 Å². The van der Waals surface area contributed by atoms with Crippen LogP contribution in [0.4, 0.5) is 10.5 Å². The summed E-state index contributed by atoms with van der Waals surface area (Å²) in [7, 11) is 1.27. The Kier molecular flexibility index (Phi) is 6.25. The van der Waals surface area contributed by atoms with Crippen LogP contribution in [0, 0.1) is 0 Å². The smallest absolute Gasteiger partial charge is 0.412 e. The molecule has 0 unspecified atom stereocenters. The van der Waals surface area contributed by atoms with E-state index in [4.69, 9.17) is 9.47 Å². The summed E-state index contributed by atoms with van der Waals surface area (Å²) in [5, 5.41) is 3.40. The van der Waals surface area contributed by atoms with Crippen molar-refractivity contribution in [2.45, 2.75) is 26.4 Å². The van der Waals surface area contributed by atoms with Crippen molar-refractivity contribution in [1.29, 1.82) is 0 Å². The molecule has 0 saturated carbocycles. The summed E-state index contributed by atoms with van der Waals surface area (Å²) in [6, 6.07) is 14.2. The maximum atomic E-state index is 12.6. The van der Waals surface area contributed by atoms with Gasteiger partial charge in [0.2, 0.25) is 0 Å². The maximum absolute atomic E-state index is 12.6. The predicted molar refractivity (Wildman–Crippen MR) is 120 cm³/mol. The number of hydrogen-bond donors (Lipinski definition) is 2. The second kappa shape index (κ2) is 8.87. The van der Waals surface area contributed by atoms with E-state index in [0.717, 1.165) is 5.52 Å². The zero-order valence-electron chi connectivity index (χ0n) is 17.8. The van der Waals surface area contributed by atoms with Crippen LogP contribution in [-0.4, -0.2) is 36.0 Å². The summed E-state index contributed by atoms with van der Waals surface area (Å²) in [6.45, 7) is 5.31. The van der Waals surface area contributed by atoms with Crippen LogP contribution in [0.15, 0.2) is 48.5 Å². The van der Waals surface area contributed by atoms with Crippen molar-refractivity contribution in [3.8, 4) is 0 Å². The zero-order chi connectivity index (χ0) is 22.6. The van der Waals surface area contributed by atoms with Gasteiger partial charge in [-0.3, -0.25) is 10.1 Å². The predicted octanol–water partition coefficient (Wildman–Crippen LogP) is 5.04. The lowest BCUT2D eigenvalue weighted by molar-refractivity contribution is -0.133. The number of carbonyl (C=O) groups is 3. The lowest BCUT2D eigenvalue weighted by atomic mass is 10.0. The lowest BCUT2D eigenvalue weighted by Gasteiger charge is -2.20. The van der Waals surface area contributed by atoms with Gasteiger partial charge < -0.3 is 14.5 Å². The molecule has 0 fully saturated rings. The second-order valence-corrected chi connectivity index (χ2v) is 7.84. The van der Waals surface area contributed by atoms with E-state index >= 15 is 0 Å². The van der Waals surface area contributed by atoms with E-state index in [9.17, 15) is 14.4 Å². The van der Waals surface area contributed by atoms with Gasteiger partial charge in [-0.25, -0.2) is 9.59 Å². The number of hydrogen-bond acceptors (Lipinski definition) is 5. The third-order valence-corrected chi connectivity index (χ3v) is 4.43. The van der Waals surface area contributed by atoms with Gasteiger partial charge in [0.25, 0.3) is 0 Å². The monoisotopic (exact) mass is 420 g/mol. The van der Waals surface area contributed by atoms with Crippen LogP contribution in [0.3, 0.4) is 0 Å². The summed E-state index contributed by atoms with van der Waals surface area (Å²) < 4.78 is 10.3. The Balaban J connectivity index is 2.10. The van der Waals surface area contributed by atoms with Gasteiger partial charge in [0.15, 0.2) is 6.29 Å². The molecule has 1 amide bonds. The van der Waals surface area contributed by atoms with E-state index in [2.05, 4.69) is 10.3 Å². The third kappa shape index (κ3) is 5.01. The van der Waals surface area contributed by atoms with Gasteiger partial charge in [-0.15, -0.1) is 0 Å². The van der Waals surface area contributed by atoms with Crippen molar-refractivity contribution >= 4 is 46.6 Å². The van der Waals surface area contributed by atoms with Crippen LogP contribution in [0.1, 0.15) is 42.4 Å². The minimum Gasteiger partial charge on any atom is -0.465 e. The molecule has 0 atom stereocenters. The molecule has 3 rings (SSSR count). The maximum Gasteiger partial charge on any atom is 0.412 e. The summed E-state index contributed by atoms with van der Waals surface area (Å²) >= 11 is 0. The van der Waals surface area contributed by atoms with Gasteiger partial charge in [0, 0.05) is 16.5 Å². The molecule has 1 aromatic heterocycles. The summed E-state index contributed by atoms with van der Waals surface area (Å²) in [6.07, 6.45) is 1.65. The first-order valence-electron chi connectivity index (χ1n) is 9.69.